The molecule has 0 aliphatic heterocycles. The lowest BCUT2D eigenvalue weighted by Gasteiger charge is -2.29. The maximum atomic E-state index is 5.37. The molecule has 0 saturated carbocycles. The fraction of sp³-hybridized carbons (Fsp3) is 0.571. The second-order valence-corrected chi connectivity index (χ2v) is 9.70. The standard InChI is InChI=1S/C14H24O2Si/c1-6-17(7-2,8-3)14-10-12(15-4)9-13(11-14)16-5/h9-11H,6-8H2,1-5H3. The first-order chi connectivity index (χ1) is 8.15. The molecular weight excluding hydrogens is 228 g/mol. The molecule has 0 atom stereocenters. The van der Waals surface area contributed by atoms with E-state index >= 15 is 0 Å². The molecule has 1 aromatic carbocycles. The highest BCUT2D eigenvalue weighted by molar-refractivity contribution is 6.91. The van der Waals surface area contributed by atoms with E-state index in [4.69, 9.17) is 9.47 Å². The molecule has 0 unspecified atom stereocenters. The molecule has 0 N–H and O–H groups in total. The third-order valence-electron chi connectivity index (χ3n) is 3.99. The van der Waals surface area contributed by atoms with E-state index in [9.17, 15) is 0 Å². The summed E-state index contributed by atoms with van der Waals surface area (Å²) in [6.07, 6.45) is 0. The van der Waals surface area contributed by atoms with Crippen LogP contribution in [-0.4, -0.2) is 22.3 Å². The normalized spacial score (nSPS) is 11.4. The Kier molecular flexibility index (Phi) is 5.06. The van der Waals surface area contributed by atoms with Crippen molar-refractivity contribution in [2.24, 2.45) is 0 Å². The van der Waals surface area contributed by atoms with Crippen molar-refractivity contribution in [2.75, 3.05) is 14.2 Å². The molecular formula is C14H24O2Si. The van der Waals surface area contributed by atoms with Crippen LogP contribution in [0.15, 0.2) is 18.2 Å². The Balaban J connectivity index is 3.27. The third kappa shape index (κ3) is 2.83. The van der Waals surface area contributed by atoms with E-state index in [0.717, 1.165) is 11.5 Å². The van der Waals surface area contributed by atoms with E-state index < -0.39 is 8.07 Å². The maximum absolute atomic E-state index is 5.37. The van der Waals surface area contributed by atoms with Crippen LogP contribution in [0, 0.1) is 0 Å². The quantitative estimate of drug-likeness (QED) is 0.722. The van der Waals surface area contributed by atoms with E-state index in [-0.39, 0.29) is 0 Å². The predicted molar refractivity (Wildman–Crippen MR) is 76.4 cm³/mol. The van der Waals surface area contributed by atoms with Crippen LogP contribution in [0.1, 0.15) is 20.8 Å². The van der Waals surface area contributed by atoms with Crippen molar-refractivity contribution < 1.29 is 9.47 Å². The van der Waals surface area contributed by atoms with Gasteiger partial charge in [-0.3, -0.25) is 0 Å². The van der Waals surface area contributed by atoms with Crippen LogP contribution >= 0.6 is 0 Å². The molecule has 0 saturated heterocycles. The molecule has 0 aliphatic rings. The Morgan fingerprint density at radius 2 is 1.24 bits per heavy atom. The average Bonchev–Trinajstić information content (AvgIpc) is 2.41. The van der Waals surface area contributed by atoms with Gasteiger partial charge in [-0.1, -0.05) is 44.1 Å². The highest BCUT2D eigenvalue weighted by Gasteiger charge is 2.29. The van der Waals surface area contributed by atoms with Crippen molar-refractivity contribution in [2.45, 2.75) is 38.9 Å². The fourth-order valence-electron chi connectivity index (χ4n) is 2.48. The Bertz CT molecular complexity index is 329. The fourth-order valence-corrected chi connectivity index (χ4v) is 6.10. The smallest absolute Gasteiger partial charge is 0.122 e. The first-order valence-corrected chi connectivity index (χ1v) is 9.01. The zero-order valence-corrected chi connectivity index (χ0v) is 12.7. The van der Waals surface area contributed by atoms with Crippen molar-refractivity contribution >= 4 is 13.3 Å². The summed E-state index contributed by atoms with van der Waals surface area (Å²) in [5.41, 5.74) is 0. The number of hydrogen-bond donors (Lipinski definition) is 0. The third-order valence-corrected chi connectivity index (χ3v) is 9.57. The van der Waals surface area contributed by atoms with Crippen molar-refractivity contribution in [3.05, 3.63) is 18.2 Å². The summed E-state index contributed by atoms with van der Waals surface area (Å²) in [7, 11) is 2.08. The zero-order chi connectivity index (χ0) is 12.9. The molecule has 96 valence electrons. The second-order valence-electron chi connectivity index (χ2n) is 4.44. The van der Waals surface area contributed by atoms with Crippen molar-refractivity contribution in [3.8, 4) is 11.5 Å². The summed E-state index contributed by atoms with van der Waals surface area (Å²) in [4.78, 5) is 0. The Morgan fingerprint density at radius 3 is 1.53 bits per heavy atom. The monoisotopic (exact) mass is 252 g/mol. The number of ether oxygens (including phenoxy) is 2. The molecule has 0 fully saturated rings. The van der Waals surface area contributed by atoms with Gasteiger partial charge in [-0.05, 0) is 12.1 Å². The molecule has 0 heterocycles. The van der Waals surface area contributed by atoms with Crippen LogP contribution < -0.4 is 14.7 Å². The largest absolute Gasteiger partial charge is 0.497 e. The summed E-state index contributed by atoms with van der Waals surface area (Å²) in [6.45, 7) is 6.93. The highest BCUT2D eigenvalue weighted by Crippen LogP contribution is 2.25. The van der Waals surface area contributed by atoms with Crippen molar-refractivity contribution in [1.29, 1.82) is 0 Å². The Morgan fingerprint density at radius 1 is 0.824 bits per heavy atom. The number of benzene rings is 1. The lowest BCUT2D eigenvalue weighted by Crippen LogP contribution is -2.45. The van der Waals surface area contributed by atoms with Gasteiger partial charge in [-0.15, -0.1) is 0 Å². The molecule has 0 radical (unpaired) electrons. The minimum Gasteiger partial charge on any atom is -0.497 e. The van der Waals surface area contributed by atoms with Crippen LogP contribution in [0.4, 0.5) is 0 Å². The van der Waals surface area contributed by atoms with Crippen LogP contribution in [0.5, 0.6) is 11.5 Å². The van der Waals surface area contributed by atoms with Crippen molar-refractivity contribution in [3.63, 3.8) is 0 Å². The molecule has 2 nitrogen and oxygen atoms in total. The molecule has 3 heteroatoms. The van der Waals surface area contributed by atoms with Gasteiger partial charge in [0.2, 0.25) is 0 Å². The van der Waals surface area contributed by atoms with Crippen LogP contribution in [0.3, 0.4) is 0 Å². The maximum Gasteiger partial charge on any atom is 0.122 e. The molecule has 0 bridgehead atoms. The van der Waals surface area contributed by atoms with E-state index in [0.29, 0.717) is 0 Å². The van der Waals surface area contributed by atoms with Gasteiger partial charge in [0.1, 0.15) is 11.5 Å². The highest BCUT2D eigenvalue weighted by atomic mass is 28.3. The molecule has 1 aromatic rings. The first-order valence-electron chi connectivity index (χ1n) is 6.39. The van der Waals surface area contributed by atoms with E-state index in [2.05, 4.69) is 32.9 Å². The van der Waals surface area contributed by atoms with Gasteiger partial charge in [0, 0.05) is 6.07 Å². The molecule has 0 aliphatic carbocycles. The minimum atomic E-state index is -1.35. The average molecular weight is 252 g/mol. The van der Waals surface area contributed by atoms with Crippen LogP contribution in [0.2, 0.25) is 18.1 Å². The number of rotatable bonds is 6. The van der Waals surface area contributed by atoms with E-state index in [1.165, 1.54) is 23.3 Å². The summed E-state index contributed by atoms with van der Waals surface area (Å²) in [6, 6.07) is 10.2. The van der Waals surface area contributed by atoms with Crippen molar-refractivity contribution in [1.82, 2.24) is 0 Å². The second kappa shape index (κ2) is 6.10. The van der Waals surface area contributed by atoms with E-state index in [1.54, 1.807) is 14.2 Å². The topological polar surface area (TPSA) is 18.5 Å². The van der Waals surface area contributed by atoms with Gasteiger partial charge in [0.25, 0.3) is 0 Å². The summed E-state index contributed by atoms with van der Waals surface area (Å²) in [5, 5.41) is 1.46. The van der Waals surface area contributed by atoms with Gasteiger partial charge in [-0.25, -0.2) is 0 Å². The van der Waals surface area contributed by atoms with Gasteiger partial charge in [0.05, 0.1) is 22.3 Å². The van der Waals surface area contributed by atoms with Gasteiger partial charge < -0.3 is 9.47 Å². The molecule has 1 rings (SSSR count). The lowest BCUT2D eigenvalue weighted by atomic mass is 10.3. The lowest BCUT2D eigenvalue weighted by molar-refractivity contribution is 0.395. The Labute approximate surface area is 106 Å². The summed E-state index contributed by atoms with van der Waals surface area (Å²) in [5.74, 6) is 1.82. The number of hydrogen-bond acceptors (Lipinski definition) is 2. The van der Waals surface area contributed by atoms with Gasteiger partial charge in [-0.2, -0.15) is 0 Å². The van der Waals surface area contributed by atoms with Crippen LogP contribution in [0.25, 0.3) is 0 Å². The minimum absolute atomic E-state index is 0.909. The summed E-state index contributed by atoms with van der Waals surface area (Å²) >= 11 is 0. The van der Waals surface area contributed by atoms with Gasteiger partial charge >= 0.3 is 0 Å². The molecule has 0 amide bonds. The Hall–Kier alpha value is -0.963. The zero-order valence-electron chi connectivity index (χ0n) is 11.7. The van der Waals surface area contributed by atoms with Gasteiger partial charge in [0.15, 0.2) is 0 Å². The summed E-state index contributed by atoms with van der Waals surface area (Å²) < 4.78 is 10.7. The first kappa shape index (κ1) is 14.1. The number of methoxy groups -OCH3 is 2. The molecule has 0 aromatic heterocycles. The molecule has 17 heavy (non-hydrogen) atoms. The predicted octanol–water partition coefficient (Wildman–Crippen LogP) is 3.42. The van der Waals surface area contributed by atoms with E-state index in [1.807, 2.05) is 6.07 Å². The molecule has 0 spiro atoms. The van der Waals surface area contributed by atoms with Crippen LogP contribution in [-0.2, 0) is 0 Å². The SMILES string of the molecule is CC[Si](CC)(CC)c1cc(OC)cc(OC)c1.